The summed E-state index contributed by atoms with van der Waals surface area (Å²) >= 11 is 6.82. The fourth-order valence-corrected chi connectivity index (χ4v) is 4.36. The molecule has 1 N–H and O–H groups in total. The van der Waals surface area contributed by atoms with Crippen LogP contribution in [0.25, 0.3) is 21.3 Å². The number of rotatable bonds is 2. The molecule has 1 aromatic carbocycles. The lowest BCUT2D eigenvalue weighted by Crippen LogP contribution is -2.40. The Bertz CT molecular complexity index is 1150. The molecular formula is C18H14ClF3N4O2S. The molecule has 0 aliphatic carbocycles. The molecule has 11 heteroatoms. The van der Waals surface area contributed by atoms with Crippen LogP contribution in [0.4, 0.5) is 18.0 Å². The number of nitrogens with one attached hydrogen (secondary N) is 1. The van der Waals surface area contributed by atoms with Gasteiger partial charge in [-0.15, -0.1) is 11.3 Å². The molecule has 2 aromatic heterocycles. The number of hydrogen-bond acceptors (Lipinski definition) is 4. The second-order valence-electron chi connectivity index (χ2n) is 6.55. The molecular weight excluding hydrogens is 429 g/mol. The maximum atomic E-state index is 13.2. The summed E-state index contributed by atoms with van der Waals surface area (Å²) in [4.78, 5) is 31.3. The summed E-state index contributed by atoms with van der Waals surface area (Å²) in [6.07, 6.45) is -1.64. The Balaban J connectivity index is 1.77. The molecule has 0 spiro atoms. The lowest BCUT2D eigenvalue weighted by atomic mass is 10.0. The number of fused-ring (bicyclic) bond motifs is 1. The number of likely N-dealkylation sites (tertiary alicyclic amines) is 1. The van der Waals surface area contributed by atoms with Gasteiger partial charge in [-0.3, -0.25) is 4.79 Å². The molecule has 1 fully saturated rings. The average Bonchev–Trinajstić information content (AvgIpc) is 3.33. The summed E-state index contributed by atoms with van der Waals surface area (Å²) in [7, 11) is 0. The second kappa shape index (κ2) is 7.34. The van der Waals surface area contributed by atoms with Crippen LogP contribution in [0.1, 0.15) is 18.4 Å². The maximum absolute atomic E-state index is 13.2. The molecule has 1 aliphatic rings. The van der Waals surface area contributed by atoms with Crippen molar-refractivity contribution >= 4 is 39.2 Å². The van der Waals surface area contributed by atoms with E-state index < -0.39 is 28.4 Å². The van der Waals surface area contributed by atoms with Crippen molar-refractivity contribution in [3.8, 4) is 11.1 Å². The maximum Gasteiger partial charge on any atom is 0.417 e. The Hall–Kier alpha value is -2.59. The van der Waals surface area contributed by atoms with E-state index in [9.17, 15) is 22.8 Å². The van der Waals surface area contributed by atoms with Gasteiger partial charge in [-0.25, -0.2) is 19.9 Å². The Kier molecular flexibility index (Phi) is 4.99. The van der Waals surface area contributed by atoms with Gasteiger partial charge >= 0.3 is 12.2 Å². The van der Waals surface area contributed by atoms with E-state index in [0.29, 0.717) is 23.5 Å². The quantitative estimate of drug-likeness (QED) is 0.632. The first-order valence-corrected chi connectivity index (χ1v) is 9.93. The van der Waals surface area contributed by atoms with Crippen LogP contribution in [0.2, 0.25) is 5.02 Å². The third-order valence-electron chi connectivity index (χ3n) is 4.69. The van der Waals surface area contributed by atoms with Gasteiger partial charge in [0.05, 0.1) is 16.0 Å². The topological polar surface area (TPSA) is 67.2 Å². The summed E-state index contributed by atoms with van der Waals surface area (Å²) in [5, 5.41) is 1.28. The van der Waals surface area contributed by atoms with Gasteiger partial charge in [0.1, 0.15) is 11.2 Å². The van der Waals surface area contributed by atoms with Crippen molar-refractivity contribution in [2.45, 2.75) is 19.0 Å². The predicted molar refractivity (Wildman–Crippen MR) is 105 cm³/mol. The molecule has 29 heavy (non-hydrogen) atoms. The van der Waals surface area contributed by atoms with Crippen molar-refractivity contribution in [1.29, 1.82) is 0 Å². The normalized spacial score (nSPS) is 14.6. The van der Waals surface area contributed by atoms with Gasteiger partial charge in [-0.1, -0.05) is 17.7 Å². The van der Waals surface area contributed by atoms with Crippen molar-refractivity contribution in [1.82, 2.24) is 14.6 Å². The van der Waals surface area contributed by atoms with Gasteiger partial charge in [0, 0.05) is 24.0 Å². The molecule has 0 atom stereocenters. The van der Waals surface area contributed by atoms with Gasteiger partial charge in [0.25, 0.3) is 5.56 Å². The molecule has 3 aromatic rings. The highest BCUT2D eigenvalue weighted by Crippen LogP contribution is 2.39. The van der Waals surface area contributed by atoms with Crippen molar-refractivity contribution in [3.05, 3.63) is 50.8 Å². The van der Waals surface area contributed by atoms with Crippen LogP contribution in [0.15, 0.2) is 34.7 Å². The number of nitrogens with zero attached hydrogens (tertiary/aromatic N) is 3. The van der Waals surface area contributed by atoms with E-state index in [-0.39, 0.29) is 10.9 Å². The summed E-state index contributed by atoms with van der Waals surface area (Å²) < 4.78 is 40.6. The monoisotopic (exact) mass is 442 g/mol. The average molecular weight is 443 g/mol. The first-order valence-electron chi connectivity index (χ1n) is 8.67. The molecule has 0 radical (unpaired) electrons. The zero-order valence-corrected chi connectivity index (χ0v) is 16.4. The van der Waals surface area contributed by atoms with Crippen LogP contribution in [0.5, 0.6) is 0 Å². The van der Waals surface area contributed by atoms with E-state index in [1.807, 2.05) is 0 Å². The number of halogens is 4. The number of hydrogen-bond donors (Lipinski definition) is 1. The Morgan fingerprint density at radius 1 is 1.24 bits per heavy atom. The first kappa shape index (κ1) is 19.7. The van der Waals surface area contributed by atoms with Crippen LogP contribution in [-0.2, 0) is 6.18 Å². The smallest absolute Gasteiger partial charge is 0.323 e. The van der Waals surface area contributed by atoms with Gasteiger partial charge in [0.2, 0.25) is 0 Å². The third-order valence-corrected chi connectivity index (χ3v) is 5.90. The number of amides is 2. The Morgan fingerprint density at radius 2 is 1.97 bits per heavy atom. The fourth-order valence-electron chi connectivity index (χ4n) is 3.23. The standard InChI is InChI=1S/C18H14ClF3N4O2S/c19-13-4-3-10(7-12(13)18(20,21)22)11-8-29-15-14(11)16(27)26(9-23-15)24-17(28)25-5-1-2-6-25/h3-4,7-9H,1-2,5-6H2,(H,24,28). The third kappa shape index (κ3) is 3.69. The molecule has 2 amide bonds. The summed E-state index contributed by atoms with van der Waals surface area (Å²) in [5.41, 5.74) is 1.43. The van der Waals surface area contributed by atoms with Crippen molar-refractivity contribution in [2.75, 3.05) is 18.5 Å². The van der Waals surface area contributed by atoms with E-state index in [2.05, 4.69) is 10.4 Å². The number of carbonyl (C=O) groups is 1. The molecule has 0 unspecified atom stereocenters. The molecule has 1 aliphatic heterocycles. The minimum Gasteiger partial charge on any atom is -0.323 e. The largest absolute Gasteiger partial charge is 0.417 e. The van der Waals surface area contributed by atoms with E-state index >= 15 is 0 Å². The SMILES string of the molecule is O=C(Nn1cnc2scc(-c3ccc(Cl)c(C(F)(F)F)c3)c2c1=O)N1CCCC1. The van der Waals surface area contributed by atoms with Gasteiger partial charge in [-0.05, 0) is 30.5 Å². The minimum absolute atomic E-state index is 0.134. The van der Waals surface area contributed by atoms with Crippen molar-refractivity contribution in [3.63, 3.8) is 0 Å². The first-order chi connectivity index (χ1) is 13.8. The molecule has 0 saturated carbocycles. The summed E-state index contributed by atoms with van der Waals surface area (Å²) in [5.74, 6) is 0. The highest BCUT2D eigenvalue weighted by Gasteiger charge is 2.33. The van der Waals surface area contributed by atoms with Crippen LogP contribution in [0.3, 0.4) is 0 Å². The van der Waals surface area contributed by atoms with Crippen LogP contribution in [-0.4, -0.2) is 33.7 Å². The molecule has 1 saturated heterocycles. The summed E-state index contributed by atoms with van der Waals surface area (Å²) in [6.45, 7) is 1.20. The van der Waals surface area contributed by atoms with Crippen LogP contribution < -0.4 is 11.0 Å². The predicted octanol–water partition coefficient (Wildman–Crippen LogP) is 4.56. The lowest BCUT2D eigenvalue weighted by molar-refractivity contribution is -0.137. The summed E-state index contributed by atoms with van der Waals surface area (Å²) in [6, 6.07) is 3.04. The van der Waals surface area contributed by atoms with Crippen molar-refractivity contribution < 1.29 is 18.0 Å². The number of alkyl halides is 3. The van der Waals surface area contributed by atoms with Crippen LogP contribution >= 0.6 is 22.9 Å². The van der Waals surface area contributed by atoms with E-state index in [4.69, 9.17) is 11.6 Å². The molecule has 4 rings (SSSR count). The number of thiophene rings is 1. The zero-order valence-electron chi connectivity index (χ0n) is 14.8. The van der Waals surface area contributed by atoms with Gasteiger partial charge < -0.3 is 4.90 Å². The highest BCUT2D eigenvalue weighted by atomic mass is 35.5. The number of urea groups is 1. The highest BCUT2D eigenvalue weighted by molar-refractivity contribution is 7.17. The van der Waals surface area contributed by atoms with E-state index in [1.54, 1.807) is 10.3 Å². The van der Waals surface area contributed by atoms with Gasteiger partial charge in [-0.2, -0.15) is 13.2 Å². The Morgan fingerprint density at radius 3 is 2.66 bits per heavy atom. The molecule has 0 bridgehead atoms. The number of carbonyl (C=O) groups excluding carboxylic acids is 1. The lowest BCUT2D eigenvalue weighted by Gasteiger charge is -2.16. The zero-order chi connectivity index (χ0) is 20.8. The fraction of sp³-hybridized carbons (Fsp3) is 0.278. The van der Waals surface area contributed by atoms with E-state index in [0.717, 1.165) is 41.0 Å². The van der Waals surface area contributed by atoms with Gasteiger partial charge in [0.15, 0.2) is 0 Å². The van der Waals surface area contributed by atoms with Crippen LogP contribution in [0, 0.1) is 0 Å². The molecule has 3 heterocycles. The number of benzene rings is 1. The number of aromatic nitrogens is 2. The van der Waals surface area contributed by atoms with Crippen molar-refractivity contribution in [2.24, 2.45) is 0 Å². The second-order valence-corrected chi connectivity index (χ2v) is 7.82. The molecule has 152 valence electrons. The van der Waals surface area contributed by atoms with E-state index in [1.165, 1.54) is 12.4 Å². The Labute approximate surface area is 171 Å². The molecule has 6 nitrogen and oxygen atoms in total. The minimum atomic E-state index is -4.62.